The van der Waals surface area contributed by atoms with Gasteiger partial charge in [-0.2, -0.15) is 0 Å². The smallest absolute Gasteiger partial charge is 0.167 e. The van der Waals surface area contributed by atoms with Gasteiger partial charge >= 0.3 is 0 Å². The minimum atomic E-state index is -1.06. The standard InChI is InChI=1S/C19H19F3O3/c1-23-12-4-5-14(16(20)9-12)15-7-6-13(18(21)19(15)22)11-3-8-17(24-2)25-10-11/h4-7,9,11,17H,3,8,10H2,1-2H3. The highest BCUT2D eigenvalue weighted by atomic mass is 19.2. The summed E-state index contributed by atoms with van der Waals surface area (Å²) in [4.78, 5) is 0. The van der Waals surface area contributed by atoms with Crippen molar-refractivity contribution in [2.45, 2.75) is 25.0 Å². The van der Waals surface area contributed by atoms with Crippen LogP contribution in [0.1, 0.15) is 24.3 Å². The van der Waals surface area contributed by atoms with Gasteiger partial charge in [-0.25, -0.2) is 13.2 Å². The van der Waals surface area contributed by atoms with Gasteiger partial charge in [0.05, 0.1) is 13.7 Å². The molecule has 0 spiro atoms. The lowest BCUT2D eigenvalue weighted by Crippen LogP contribution is -2.26. The monoisotopic (exact) mass is 352 g/mol. The van der Waals surface area contributed by atoms with Gasteiger partial charge in [0.1, 0.15) is 11.6 Å². The van der Waals surface area contributed by atoms with Gasteiger partial charge in [-0.3, -0.25) is 0 Å². The molecular formula is C19H19F3O3. The Kier molecular flexibility index (Phi) is 5.30. The number of methoxy groups -OCH3 is 2. The van der Waals surface area contributed by atoms with Gasteiger partial charge in [0.15, 0.2) is 17.9 Å². The van der Waals surface area contributed by atoms with E-state index in [4.69, 9.17) is 14.2 Å². The maximum absolute atomic E-state index is 14.6. The Labute approximate surface area is 144 Å². The Balaban J connectivity index is 1.91. The lowest BCUT2D eigenvalue weighted by atomic mass is 9.90. The fourth-order valence-corrected chi connectivity index (χ4v) is 3.09. The Morgan fingerprint density at radius 3 is 2.32 bits per heavy atom. The van der Waals surface area contributed by atoms with E-state index in [0.29, 0.717) is 18.6 Å². The SMILES string of the molecule is COc1ccc(-c2ccc(C3CCC(OC)OC3)c(F)c2F)c(F)c1. The van der Waals surface area contributed by atoms with Crippen LogP contribution in [-0.2, 0) is 9.47 Å². The van der Waals surface area contributed by atoms with Gasteiger partial charge < -0.3 is 14.2 Å². The minimum absolute atomic E-state index is 0.0110. The molecule has 6 heteroatoms. The fraction of sp³-hybridized carbons (Fsp3) is 0.368. The topological polar surface area (TPSA) is 27.7 Å². The summed E-state index contributed by atoms with van der Waals surface area (Å²) in [5.74, 6) is -2.64. The molecule has 2 atom stereocenters. The molecule has 0 saturated carbocycles. The second-order valence-corrected chi connectivity index (χ2v) is 5.95. The summed E-state index contributed by atoms with van der Waals surface area (Å²) in [5.41, 5.74) is 0.112. The average molecular weight is 352 g/mol. The molecule has 2 unspecified atom stereocenters. The number of rotatable bonds is 4. The number of hydrogen-bond donors (Lipinski definition) is 0. The van der Waals surface area contributed by atoms with Gasteiger partial charge in [0.2, 0.25) is 0 Å². The second-order valence-electron chi connectivity index (χ2n) is 5.95. The predicted molar refractivity (Wildman–Crippen MR) is 87.0 cm³/mol. The normalized spacial score (nSPS) is 20.5. The summed E-state index contributed by atoms with van der Waals surface area (Å²) >= 11 is 0. The van der Waals surface area contributed by atoms with Gasteiger partial charge in [-0.1, -0.05) is 12.1 Å². The van der Waals surface area contributed by atoms with E-state index in [-0.39, 0.29) is 35.5 Å². The molecule has 1 saturated heterocycles. The van der Waals surface area contributed by atoms with Crippen molar-refractivity contribution in [3.8, 4) is 16.9 Å². The fourth-order valence-electron chi connectivity index (χ4n) is 3.09. The number of ether oxygens (including phenoxy) is 3. The van der Waals surface area contributed by atoms with Crippen LogP contribution in [-0.4, -0.2) is 27.1 Å². The third-order valence-corrected chi connectivity index (χ3v) is 4.52. The molecule has 2 aromatic rings. The molecule has 1 heterocycles. The lowest BCUT2D eigenvalue weighted by molar-refractivity contribution is -0.151. The van der Waals surface area contributed by atoms with Crippen LogP contribution < -0.4 is 4.74 Å². The Hall–Kier alpha value is -2.05. The first-order chi connectivity index (χ1) is 12.0. The van der Waals surface area contributed by atoms with Crippen LogP contribution in [0.5, 0.6) is 5.75 Å². The summed E-state index contributed by atoms with van der Waals surface area (Å²) in [5, 5.41) is 0. The van der Waals surface area contributed by atoms with E-state index < -0.39 is 17.5 Å². The molecule has 0 aliphatic carbocycles. The van der Waals surface area contributed by atoms with Crippen molar-refractivity contribution in [3.05, 3.63) is 53.3 Å². The summed E-state index contributed by atoms with van der Waals surface area (Å²) in [6, 6.07) is 6.92. The van der Waals surface area contributed by atoms with Crippen LogP contribution in [0.2, 0.25) is 0 Å². The third-order valence-electron chi connectivity index (χ3n) is 4.52. The molecular weight excluding hydrogens is 333 g/mol. The van der Waals surface area contributed by atoms with E-state index in [0.717, 1.165) is 6.07 Å². The Bertz CT molecular complexity index is 756. The largest absolute Gasteiger partial charge is 0.497 e. The first-order valence-corrected chi connectivity index (χ1v) is 8.01. The highest BCUT2D eigenvalue weighted by Gasteiger charge is 2.27. The highest BCUT2D eigenvalue weighted by molar-refractivity contribution is 5.66. The van der Waals surface area contributed by atoms with Crippen molar-refractivity contribution < 1.29 is 27.4 Å². The van der Waals surface area contributed by atoms with Crippen molar-refractivity contribution in [2.24, 2.45) is 0 Å². The molecule has 3 nitrogen and oxygen atoms in total. The molecule has 134 valence electrons. The van der Waals surface area contributed by atoms with E-state index in [1.54, 1.807) is 7.11 Å². The summed E-state index contributed by atoms with van der Waals surface area (Å²) < 4.78 is 58.8. The zero-order chi connectivity index (χ0) is 18.0. The highest BCUT2D eigenvalue weighted by Crippen LogP contribution is 2.35. The lowest BCUT2D eigenvalue weighted by Gasteiger charge is -2.28. The van der Waals surface area contributed by atoms with E-state index in [1.165, 1.54) is 31.4 Å². The Morgan fingerprint density at radius 2 is 1.72 bits per heavy atom. The molecule has 0 bridgehead atoms. The minimum Gasteiger partial charge on any atom is -0.497 e. The van der Waals surface area contributed by atoms with E-state index in [2.05, 4.69) is 0 Å². The van der Waals surface area contributed by atoms with E-state index >= 15 is 0 Å². The van der Waals surface area contributed by atoms with Crippen molar-refractivity contribution >= 4 is 0 Å². The molecule has 1 fully saturated rings. The summed E-state index contributed by atoms with van der Waals surface area (Å²) in [7, 11) is 2.95. The molecule has 3 rings (SSSR count). The number of halogens is 3. The zero-order valence-corrected chi connectivity index (χ0v) is 14.0. The van der Waals surface area contributed by atoms with Crippen LogP contribution in [0.15, 0.2) is 30.3 Å². The molecule has 1 aliphatic heterocycles. The van der Waals surface area contributed by atoms with Gasteiger partial charge in [0.25, 0.3) is 0 Å². The van der Waals surface area contributed by atoms with Gasteiger partial charge in [-0.05, 0) is 30.5 Å². The van der Waals surface area contributed by atoms with Crippen LogP contribution in [0.3, 0.4) is 0 Å². The van der Waals surface area contributed by atoms with Crippen LogP contribution in [0, 0.1) is 17.5 Å². The van der Waals surface area contributed by atoms with E-state index in [9.17, 15) is 13.2 Å². The van der Waals surface area contributed by atoms with Gasteiger partial charge in [-0.15, -0.1) is 0 Å². The number of benzene rings is 2. The zero-order valence-electron chi connectivity index (χ0n) is 14.0. The second kappa shape index (κ2) is 7.45. The average Bonchev–Trinajstić information content (AvgIpc) is 2.64. The van der Waals surface area contributed by atoms with Crippen LogP contribution in [0.25, 0.3) is 11.1 Å². The quantitative estimate of drug-likeness (QED) is 0.802. The van der Waals surface area contributed by atoms with Crippen molar-refractivity contribution in [1.82, 2.24) is 0 Å². The molecule has 1 aliphatic rings. The molecule has 0 N–H and O–H groups in total. The Morgan fingerprint density at radius 1 is 0.960 bits per heavy atom. The molecule has 0 aromatic heterocycles. The summed E-state index contributed by atoms with van der Waals surface area (Å²) in [6.45, 7) is 0.255. The molecule has 25 heavy (non-hydrogen) atoms. The van der Waals surface area contributed by atoms with Crippen molar-refractivity contribution in [1.29, 1.82) is 0 Å². The maximum atomic E-state index is 14.6. The molecule has 2 aromatic carbocycles. The predicted octanol–water partition coefficient (Wildman–Crippen LogP) is 4.65. The van der Waals surface area contributed by atoms with Crippen LogP contribution in [0.4, 0.5) is 13.2 Å². The number of hydrogen-bond acceptors (Lipinski definition) is 3. The van der Waals surface area contributed by atoms with Gasteiger partial charge in [0, 0.05) is 30.2 Å². The first-order valence-electron chi connectivity index (χ1n) is 8.01. The first kappa shape index (κ1) is 17.8. The van der Waals surface area contributed by atoms with Crippen molar-refractivity contribution in [2.75, 3.05) is 20.8 Å². The summed E-state index contributed by atoms with van der Waals surface area (Å²) in [6.07, 6.45) is 0.930. The van der Waals surface area contributed by atoms with Crippen molar-refractivity contribution in [3.63, 3.8) is 0 Å². The molecule has 0 amide bonds. The third kappa shape index (κ3) is 3.50. The van der Waals surface area contributed by atoms with E-state index in [1.807, 2.05) is 0 Å². The van der Waals surface area contributed by atoms with Crippen LogP contribution >= 0.6 is 0 Å². The molecule has 0 radical (unpaired) electrons. The maximum Gasteiger partial charge on any atom is 0.167 e.